The van der Waals surface area contributed by atoms with Gasteiger partial charge in [-0.05, 0) is 19.3 Å². The van der Waals surface area contributed by atoms with Gasteiger partial charge in [0.25, 0.3) is 0 Å². The van der Waals surface area contributed by atoms with E-state index in [1.54, 1.807) is 7.11 Å². The molecular weight excluding hydrogens is 246 g/mol. The van der Waals surface area contributed by atoms with E-state index in [0.29, 0.717) is 26.4 Å². The predicted octanol–water partition coefficient (Wildman–Crippen LogP) is 1.49. The molecule has 5 nitrogen and oxygen atoms in total. The van der Waals surface area contributed by atoms with Crippen molar-refractivity contribution in [2.24, 2.45) is 11.7 Å². The highest BCUT2D eigenvalue weighted by Crippen LogP contribution is 2.23. The lowest BCUT2D eigenvalue weighted by Crippen LogP contribution is -2.36. The highest BCUT2D eigenvalue weighted by molar-refractivity contribution is 5.73. The third kappa shape index (κ3) is 6.89. The fourth-order valence-corrected chi connectivity index (χ4v) is 2.34. The number of hydrogen-bond donors (Lipinski definition) is 1. The van der Waals surface area contributed by atoms with Crippen LogP contribution in [0.5, 0.6) is 0 Å². The van der Waals surface area contributed by atoms with E-state index in [0.717, 1.165) is 32.1 Å². The van der Waals surface area contributed by atoms with E-state index in [1.165, 1.54) is 6.42 Å². The molecule has 2 unspecified atom stereocenters. The van der Waals surface area contributed by atoms with Crippen LogP contribution in [0.15, 0.2) is 0 Å². The molecule has 0 aromatic rings. The number of nitrogens with two attached hydrogens (primary N) is 1. The van der Waals surface area contributed by atoms with Crippen LogP contribution in [-0.4, -0.2) is 45.5 Å². The fourth-order valence-electron chi connectivity index (χ4n) is 2.34. The monoisotopic (exact) mass is 273 g/mol. The summed E-state index contributed by atoms with van der Waals surface area (Å²) in [6.07, 6.45) is 5.99. The zero-order chi connectivity index (χ0) is 13.9. The second-order valence-electron chi connectivity index (χ2n) is 5.03. The summed E-state index contributed by atoms with van der Waals surface area (Å²) in [5, 5.41) is 0. The zero-order valence-electron chi connectivity index (χ0n) is 11.9. The minimum absolute atomic E-state index is 0.0439. The maximum absolute atomic E-state index is 11.9. The summed E-state index contributed by atoms with van der Waals surface area (Å²) in [5.41, 5.74) is 6.02. The molecule has 19 heavy (non-hydrogen) atoms. The third-order valence-electron chi connectivity index (χ3n) is 3.48. The van der Waals surface area contributed by atoms with Crippen LogP contribution < -0.4 is 5.73 Å². The van der Waals surface area contributed by atoms with Crippen molar-refractivity contribution in [1.82, 2.24) is 0 Å². The van der Waals surface area contributed by atoms with Crippen LogP contribution in [0.4, 0.5) is 0 Å². The van der Waals surface area contributed by atoms with Crippen LogP contribution in [0.3, 0.4) is 0 Å². The summed E-state index contributed by atoms with van der Waals surface area (Å²) < 4.78 is 15.5. The van der Waals surface area contributed by atoms with Crippen LogP contribution in [0.2, 0.25) is 0 Å². The third-order valence-corrected chi connectivity index (χ3v) is 3.48. The first-order chi connectivity index (χ1) is 9.25. The number of hydrogen-bond acceptors (Lipinski definition) is 5. The molecule has 2 atom stereocenters. The van der Waals surface area contributed by atoms with Crippen molar-refractivity contribution in [3.63, 3.8) is 0 Å². The maximum Gasteiger partial charge on any atom is 0.310 e. The van der Waals surface area contributed by atoms with Gasteiger partial charge < -0.3 is 19.9 Å². The highest BCUT2D eigenvalue weighted by Gasteiger charge is 2.28. The molecule has 0 saturated heterocycles. The van der Waals surface area contributed by atoms with Gasteiger partial charge in [0.05, 0.1) is 12.5 Å². The summed E-state index contributed by atoms with van der Waals surface area (Å²) in [6, 6.07) is -0.0439. The Kier molecular flexibility index (Phi) is 8.79. The second-order valence-corrected chi connectivity index (χ2v) is 5.03. The molecule has 1 saturated carbocycles. The van der Waals surface area contributed by atoms with E-state index in [2.05, 4.69) is 0 Å². The van der Waals surface area contributed by atoms with Gasteiger partial charge in [0, 0.05) is 26.4 Å². The van der Waals surface area contributed by atoms with Crippen molar-refractivity contribution in [2.45, 2.75) is 44.6 Å². The molecule has 0 bridgehead atoms. The predicted molar refractivity (Wildman–Crippen MR) is 72.8 cm³/mol. The number of esters is 1. The van der Waals surface area contributed by atoms with Gasteiger partial charge in [-0.3, -0.25) is 4.79 Å². The molecule has 2 N–H and O–H groups in total. The molecule has 112 valence electrons. The minimum atomic E-state index is -0.158. The van der Waals surface area contributed by atoms with Crippen molar-refractivity contribution < 1.29 is 19.0 Å². The number of rotatable bonds is 8. The summed E-state index contributed by atoms with van der Waals surface area (Å²) >= 11 is 0. The maximum atomic E-state index is 11.9. The van der Waals surface area contributed by atoms with Crippen LogP contribution in [0.25, 0.3) is 0 Å². The summed E-state index contributed by atoms with van der Waals surface area (Å²) in [4.78, 5) is 11.9. The molecule has 0 aromatic carbocycles. The van der Waals surface area contributed by atoms with E-state index in [-0.39, 0.29) is 17.9 Å². The van der Waals surface area contributed by atoms with E-state index in [4.69, 9.17) is 19.9 Å². The number of ether oxygens (including phenoxy) is 3. The van der Waals surface area contributed by atoms with Gasteiger partial charge in [-0.2, -0.15) is 0 Å². The molecule has 1 aliphatic carbocycles. The Balaban J connectivity index is 2.09. The molecule has 0 amide bonds. The standard InChI is InChI=1S/C14H27NO4/c1-17-8-5-9-18-10-11-19-14(16)12-6-3-2-4-7-13(12)15/h12-13H,2-11,15H2,1H3. The van der Waals surface area contributed by atoms with Gasteiger partial charge in [0.15, 0.2) is 0 Å². The number of carbonyl (C=O) groups excluding carboxylic acids is 1. The summed E-state index contributed by atoms with van der Waals surface area (Å²) in [6.45, 7) is 2.08. The Labute approximate surface area is 115 Å². The first kappa shape index (κ1) is 16.4. The average molecular weight is 273 g/mol. The number of carbonyl (C=O) groups is 1. The molecule has 0 heterocycles. The Morgan fingerprint density at radius 2 is 1.89 bits per heavy atom. The van der Waals surface area contributed by atoms with Crippen molar-refractivity contribution >= 4 is 5.97 Å². The zero-order valence-corrected chi connectivity index (χ0v) is 11.9. The van der Waals surface area contributed by atoms with Gasteiger partial charge in [-0.15, -0.1) is 0 Å². The van der Waals surface area contributed by atoms with Crippen molar-refractivity contribution in [3.8, 4) is 0 Å². The first-order valence-corrected chi connectivity index (χ1v) is 7.24. The van der Waals surface area contributed by atoms with E-state index in [1.807, 2.05) is 0 Å². The molecule has 0 aliphatic heterocycles. The van der Waals surface area contributed by atoms with E-state index >= 15 is 0 Å². The van der Waals surface area contributed by atoms with Crippen molar-refractivity contribution in [2.75, 3.05) is 33.5 Å². The fraction of sp³-hybridized carbons (Fsp3) is 0.929. The van der Waals surface area contributed by atoms with Crippen LogP contribution in [-0.2, 0) is 19.0 Å². The second kappa shape index (κ2) is 10.2. The van der Waals surface area contributed by atoms with Crippen LogP contribution in [0, 0.1) is 5.92 Å². The molecule has 1 rings (SSSR count). The largest absolute Gasteiger partial charge is 0.463 e. The quantitative estimate of drug-likeness (QED) is 0.412. The molecule has 0 spiro atoms. The smallest absolute Gasteiger partial charge is 0.310 e. The Hall–Kier alpha value is -0.650. The molecule has 5 heteroatoms. The van der Waals surface area contributed by atoms with E-state index < -0.39 is 0 Å². The SMILES string of the molecule is COCCCOCCOC(=O)C1CCCCCC1N. The Morgan fingerprint density at radius 1 is 1.11 bits per heavy atom. The molecular formula is C14H27NO4. The average Bonchev–Trinajstić information content (AvgIpc) is 2.62. The van der Waals surface area contributed by atoms with Gasteiger partial charge >= 0.3 is 5.97 Å². The van der Waals surface area contributed by atoms with Crippen molar-refractivity contribution in [3.05, 3.63) is 0 Å². The van der Waals surface area contributed by atoms with Gasteiger partial charge in [0.1, 0.15) is 6.61 Å². The first-order valence-electron chi connectivity index (χ1n) is 7.24. The molecule has 0 aromatic heterocycles. The minimum Gasteiger partial charge on any atom is -0.463 e. The van der Waals surface area contributed by atoms with Crippen LogP contribution >= 0.6 is 0 Å². The highest BCUT2D eigenvalue weighted by atomic mass is 16.6. The number of methoxy groups -OCH3 is 1. The van der Waals surface area contributed by atoms with Crippen molar-refractivity contribution in [1.29, 1.82) is 0 Å². The van der Waals surface area contributed by atoms with E-state index in [9.17, 15) is 4.79 Å². The lowest BCUT2D eigenvalue weighted by Gasteiger charge is -2.19. The topological polar surface area (TPSA) is 70.8 Å². The lowest BCUT2D eigenvalue weighted by molar-refractivity contribution is -0.151. The Morgan fingerprint density at radius 3 is 2.68 bits per heavy atom. The molecule has 1 aliphatic rings. The lowest BCUT2D eigenvalue weighted by atomic mass is 9.96. The van der Waals surface area contributed by atoms with Crippen LogP contribution in [0.1, 0.15) is 38.5 Å². The Bertz CT molecular complexity index is 248. The van der Waals surface area contributed by atoms with Gasteiger partial charge in [-0.1, -0.05) is 19.3 Å². The summed E-state index contributed by atoms with van der Waals surface area (Å²) in [5.74, 6) is -0.286. The molecule has 0 radical (unpaired) electrons. The molecule has 1 fully saturated rings. The van der Waals surface area contributed by atoms with Gasteiger partial charge in [0.2, 0.25) is 0 Å². The van der Waals surface area contributed by atoms with Gasteiger partial charge in [-0.25, -0.2) is 0 Å². The normalized spacial score (nSPS) is 23.9. The summed E-state index contributed by atoms with van der Waals surface area (Å²) in [7, 11) is 1.66.